The van der Waals surface area contributed by atoms with Gasteiger partial charge in [-0.2, -0.15) is 18.3 Å². The van der Waals surface area contributed by atoms with E-state index in [1.54, 1.807) is 0 Å². The van der Waals surface area contributed by atoms with Crippen LogP contribution in [0.15, 0.2) is 30.5 Å². The summed E-state index contributed by atoms with van der Waals surface area (Å²) < 4.78 is 54.9. The molecule has 1 fully saturated rings. The maximum Gasteiger partial charge on any atom is 0.435 e. The van der Waals surface area contributed by atoms with Crippen molar-refractivity contribution in [1.29, 1.82) is 0 Å². The molecule has 0 bridgehead atoms. The number of amides is 1. The molecule has 0 unspecified atom stereocenters. The van der Waals surface area contributed by atoms with Gasteiger partial charge >= 0.3 is 6.18 Å². The Balaban J connectivity index is 1.63. The van der Waals surface area contributed by atoms with Crippen molar-refractivity contribution in [2.24, 2.45) is 0 Å². The van der Waals surface area contributed by atoms with E-state index in [1.807, 2.05) is 0 Å². The summed E-state index contributed by atoms with van der Waals surface area (Å²) >= 11 is 11.5. The molecule has 0 spiro atoms. The third-order valence-corrected chi connectivity index (χ3v) is 4.82. The molecule has 0 aliphatic heterocycles. The quantitative estimate of drug-likeness (QED) is 0.540. The first kappa shape index (κ1) is 20.5. The minimum atomic E-state index is -4.64. The Morgan fingerprint density at radius 3 is 2.53 bits per heavy atom. The number of nitrogens with one attached hydrogen (secondary N) is 1. The molecule has 1 aliphatic rings. The van der Waals surface area contributed by atoms with Crippen molar-refractivity contribution in [3.05, 3.63) is 63.7 Å². The number of rotatable bonds is 4. The summed E-state index contributed by atoms with van der Waals surface area (Å²) in [5.74, 6) is -1.72. The number of carbonyl (C=O) groups excluding carboxylic acids is 1. The van der Waals surface area contributed by atoms with E-state index in [2.05, 4.69) is 20.4 Å². The number of benzene rings is 1. The third-order valence-electron chi connectivity index (χ3n) is 4.37. The Labute approximate surface area is 176 Å². The summed E-state index contributed by atoms with van der Waals surface area (Å²) in [4.78, 5) is 19.7. The Morgan fingerprint density at radius 2 is 1.93 bits per heavy atom. The van der Waals surface area contributed by atoms with E-state index >= 15 is 0 Å². The molecule has 3 aromatic rings. The minimum absolute atomic E-state index is 0.00383. The second-order valence-electron chi connectivity index (χ2n) is 6.59. The van der Waals surface area contributed by atoms with Gasteiger partial charge in [-0.3, -0.25) is 4.79 Å². The van der Waals surface area contributed by atoms with Crippen LogP contribution >= 0.6 is 23.2 Å². The first-order chi connectivity index (χ1) is 14.1. The van der Waals surface area contributed by atoms with E-state index in [0.29, 0.717) is 18.5 Å². The largest absolute Gasteiger partial charge is 0.435 e. The molecule has 2 heterocycles. The number of hydrogen-bond donors (Lipinski definition) is 1. The van der Waals surface area contributed by atoms with Crippen molar-refractivity contribution < 1.29 is 22.4 Å². The molecule has 0 saturated heterocycles. The van der Waals surface area contributed by atoms with Gasteiger partial charge in [0.05, 0.1) is 6.20 Å². The molecule has 2 aromatic heterocycles. The number of halogens is 6. The van der Waals surface area contributed by atoms with Crippen LogP contribution in [0.1, 0.15) is 40.6 Å². The first-order valence-corrected chi connectivity index (χ1v) is 9.35. The topological polar surface area (TPSA) is 72.7 Å². The highest BCUT2D eigenvalue weighted by Gasteiger charge is 2.38. The predicted molar refractivity (Wildman–Crippen MR) is 101 cm³/mol. The fourth-order valence-electron chi connectivity index (χ4n) is 2.84. The van der Waals surface area contributed by atoms with Crippen LogP contribution in [-0.2, 0) is 6.18 Å². The molecule has 1 amide bonds. The van der Waals surface area contributed by atoms with Gasteiger partial charge in [0.1, 0.15) is 10.8 Å². The van der Waals surface area contributed by atoms with Gasteiger partial charge in [0.15, 0.2) is 22.4 Å². The summed E-state index contributed by atoms with van der Waals surface area (Å²) in [7, 11) is 0. The van der Waals surface area contributed by atoms with Crippen molar-refractivity contribution in [3.63, 3.8) is 0 Å². The zero-order chi connectivity index (χ0) is 21.6. The molecular weight excluding hydrogens is 449 g/mol. The van der Waals surface area contributed by atoms with Gasteiger partial charge in [0.2, 0.25) is 0 Å². The van der Waals surface area contributed by atoms with Gasteiger partial charge in [-0.25, -0.2) is 19.0 Å². The number of carbonyl (C=O) groups is 1. The zero-order valence-electron chi connectivity index (χ0n) is 14.8. The highest BCUT2D eigenvalue weighted by Crippen LogP contribution is 2.43. The van der Waals surface area contributed by atoms with Crippen LogP contribution in [-0.4, -0.2) is 25.7 Å². The minimum Gasteiger partial charge on any atom is -0.320 e. The third kappa shape index (κ3) is 4.10. The lowest BCUT2D eigenvalue weighted by Gasteiger charge is -2.11. The smallest absolute Gasteiger partial charge is 0.320 e. The Bertz CT molecular complexity index is 1140. The average molecular weight is 460 g/mol. The van der Waals surface area contributed by atoms with Gasteiger partial charge in [0, 0.05) is 17.3 Å². The van der Waals surface area contributed by atoms with Gasteiger partial charge < -0.3 is 5.32 Å². The molecule has 4 rings (SSSR count). The summed E-state index contributed by atoms with van der Waals surface area (Å²) in [6.45, 7) is 0. The van der Waals surface area contributed by atoms with Crippen LogP contribution in [0.4, 0.5) is 23.2 Å². The molecule has 12 heteroatoms. The molecule has 30 heavy (non-hydrogen) atoms. The van der Waals surface area contributed by atoms with Crippen molar-refractivity contribution in [2.45, 2.75) is 24.9 Å². The molecule has 6 nitrogen and oxygen atoms in total. The van der Waals surface area contributed by atoms with Crippen molar-refractivity contribution in [2.75, 3.05) is 5.32 Å². The lowest BCUT2D eigenvalue weighted by molar-refractivity contribution is -0.141. The van der Waals surface area contributed by atoms with Crippen LogP contribution in [0.5, 0.6) is 0 Å². The molecule has 0 radical (unpaired) electrons. The zero-order valence-corrected chi connectivity index (χ0v) is 16.4. The maximum absolute atomic E-state index is 14.7. The van der Waals surface area contributed by atoms with Crippen LogP contribution < -0.4 is 5.32 Å². The molecule has 1 aromatic carbocycles. The normalized spacial score (nSPS) is 14.1. The van der Waals surface area contributed by atoms with Crippen LogP contribution in [0.3, 0.4) is 0 Å². The van der Waals surface area contributed by atoms with Gasteiger partial charge in [-0.1, -0.05) is 23.2 Å². The van der Waals surface area contributed by atoms with E-state index in [0.717, 1.165) is 23.0 Å². The van der Waals surface area contributed by atoms with Crippen molar-refractivity contribution in [1.82, 2.24) is 19.7 Å². The highest BCUT2D eigenvalue weighted by molar-refractivity contribution is 6.34. The summed E-state index contributed by atoms with van der Waals surface area (Å²) in [5.41, 5.74) is -1.12. The van der Waals surface area contributed by atoms with E-state index in [1.165, 1.54) is 12.1 Å². The monoisotopic (exact) mass is 459 g/mol. The molecule has 1 N–H and O–H groups in total. The van der Waals surface area contributed by atoms with E-state index < -0.39 is 23.6 Å². The first-order valence-electron chi connectivity index (χ1n) is 8.60. The summed E-state index contributed by atoms with van der Waals surface area (Å²) in [6, 6.07) is 4.47. The number of aromatic nitrogens is 4. The molecule has 0 atom stereocenters. The van der Waals surface area contributed by atoms with E-state index in [9.17, 15) is 22.4 Å². The Morgan fingerprint density at radius 1 is 1.20 bits per heavy atom. The molecule has 1 saturated carbocycles. The van der Waals surface area contributed by atoms with E-state index in [-0.39, 0.29) is 33.3 Å². The Hall–Kier alpha value is -2.72. The number of anilines is 1. The number of hydrogen-bond acceptors (Lipinski definition) is 4. The second-order valence-corrected chi connectivity index (χ2v) is 7.34. The maximum atomic E-state index is 14.7. The van der Waals surface area contributed by atoms with Crippen molar-refractivity contribution in [3.8, 4) is 5.69 Å². The molecule has 1 aliphatic carbocycles. The van der Waals surface area contributed by atoms with Gasteiger partial charge in [-0.15, -0.1) is 0 Å². The predicted octanol–water partition coefficient (Wildman–Crippen LogP) is 5.26. The Kier molecular flexibility index (Phi) is 5.15. The second kappa shape index (κ2) is 7.51. The van der Waals surface area contributed by atoms with E-state index in [4.69, 9.17) is 23.2 Å². The fourth-order valence-corrected chi connectivity index (χ4v) is 3.24. The fraction of sp³-hybridized carbons (Fsp3) is 0.222. The van der Waals surface area contributed by atoms with Crippen LogP contribution in [0.25, 0.3) is 5.69 Å². The lowest BCUT2D eigenvalue weighted by atomic mass is 10.2. The molecular formula is C18H11Cl2F4N5O. The SMILES string of the molecule is O=C(Nc1ccc(-n2nc(C(F)(F)F)cc2C2CC2)c(F)c1)c1ncc(Cl)nc1Cl. The molecule has 156 valence electrons. The highest BCUT2D eigenvalue weighted by atomic mass is 35.5. The van der Waals surface area contributed by atoms with Crippen LogP contribution in [0, 0.1) is 5.82 Å². The van der Waals surface area contributed by atoms with Gasteiger partial charge in [0.25, 0.3) is 5.91 Å². The number of alkyl halides is 3. The summed E-state index contributed by atoms with van der Waals surface area (Å²) in [5, 5.41) is 5.71. The lowest BCUT2D eigenvalue weighted by Crippen LogP contribution is -2.15. The number of nitrogens with zero attached hydrogens (tertiary/aromatic N) is 4. The van der Waals surface area contributed by atoms with Gasteiger partial charge in [-0.05, 0) is 37.1 Å². The van der Waals surface area contributed by atoms with Crippen molar-refractivity contribution >= 4 is 34.8 Å². The van der Waals surface area contributed by atoms with Crippen LogP contribution in [0.2, 0.25) is 10.3 Å². The average Bonchev–Trinajstić information content (AvgIpc) is 3.39. The summed E-state index contributed by atoms with van der Waals surface area (Å²) in [6.07, 6.45) is -2.09. The standard InChI is InChI=1S/C18H11Cl2F4N5O/c19-14-7-25-15(16(20)27-14)17(30)26-9-3-4-11(10(21)5-9)29-12(8-1-2-8)6-13(28-29)18(22,23)24/h3-8H,1-2H2,(H,26,30).